The highest BCUT2D eigenvalue weighted by atomic mass is 16.2. The molecule has 0 atom stereocenters. The largest absolute Gasteiger partial charge is 0.272 e. The number of hydrazone groups is 1. The van der Waals surface area contributed by atoms with E-state index in [2.05, 4.69) is 15.5 Å². The van der Waals surface area contributed by atoms with Crippen LogP contribution in [0, 0.1) is 6.92 Å². The lowest BCUT2D eigenvalue weighted by atomic mass is 10.1. The second kappa shape index (κ2) is 7.53. The lowest BCUT2D eigenvalue weighted by Crippen LogP contribution is -2.19. The van der Waals surface area contributed by atoms with E-state index in [9.17, 15) is 4.79 Å². The molecule has 124 valence electrons. The first kappa shape index (κ1) is 16.6. The van der Waals surface area contributed by atoms with Gasteiger partial charge in [-0.25, -0.2) is 5.43 Å². The molecule has 0 radical (unpaired) electrons. The summed E-state index contributed by atoms with van der Waals surface area (Å²) in [6, 6.07) is 19.3. The number of aromatic nitrogens is 1. The van der Waals surface area contributed by atoms with Crippen molar-refractivity contribution >= 4 is 28.6 Å². The van der Waals surface area contributed by atoms with Gasteiger partial charge in [0.15, 0.2) is 0 Å². The van der Waals surface area contributed by atoms with E-state index in [0.29, 0.717) is 11.3 Å². The fraction of sp³-hybridized carbons (Fsp3) is 0.0952. The average Bonchev–Trinajstić information content (AvgIpc) is 2.64. The minimum atomic E-state index is -0.242. The summed E-state index contributed by atoms with van der Waals surface area (Å²) >= 11 is 0. The van der Waals surface area contributed by atoms with Crippen molar-refractivity contribution < 1.29 is 4.79 Å². The van der Waals surface area contributed by atoms with E-state index < -0.39 is 0 Å². The topological polar surface area (TPSA) is 54.4 Å². The third-order valence-electron chi connectivity index (χ3n) is 3.74. The van der Waals surface area contributed by atoms with Gasteiger partial charge in [-0.3, -0.25) is 9.78 Å². The van der Waals surface area contributed by atoms with Crippen molar-refractivity contribution in [3.63, 3.8) is 0 Å². The minimum absolute atomic E-state index is 0.242. The van der Waals surface area contributed by atoms with Crippen molar-refractivity contribution in [3.8, 4) is 0 Å². The number of nitrogens with one attached hydrogen (secondary N) is 1. The smallest absolute Gasteiger partial charge is 0.267 e. The maximum absolute atomic E-state index is 12.5. The monoisotopic (exact) mass is 329 g/mol. The van der Waals surface area contributed by atoms with Crippen LogP contribution in [0.5, 0.6) is 0 Å². The van der Waals surface area contributed by atoms with Gasteiger partial charge in [-0.15, -0.1) is 0 Å². The Kier molecular flexibility index (Phi) is 5.00. The van der Waals surface area contributed by atoms with Gasteiger partial charge in [0.2, 0.25) is 0 Å². The molecule has 3 rings (SSSR count). The second-order valence-electron chi connectivity index (χ2n) is 5.77. The summed E-state index contributed by atoms with van der Waals surface area (Å²) in [6.07, 6.45) is 3.82. The molecule has 2 aromatic carbocycles. The Morgan fingerprint density at radius 2 is 1.80 bits per heavy atom. The van der Waals surface area contributed by atoms with Gasteiger partial charge < -0.3 is 0 Å². The molecular weight excluding hydrogens is 310 g/mol. The Balaban J connectivity index is 1.77. The van der Waals surface area contributed by atoms with Crippen molar-refractivity contribution in [1.82, 2.24) is 10.4 Å². The number of allylic oxidation sites excluding steroid dienone is 1. The first-order valence-corrected chi connectivity index (χ1v) is 8.07. The number of amides is 1. The van der Waals surface area contributed by atoms with Gasteiger partial charge in [0.25, 0.3) is 5.91 Å². The Hall–Kier alpha value is -3.27. The van der Waals surface area contributed by atoms with Gasteiger partial charge in [0.05, 0.1) is 16.8 Å². The van der Waals surface area contributed by atoms with Gasteiger partial charge in [-0.2, -0.15) is 5.10 Å². The van der Waals surface area contributed by atoms with E-state index in [1.165, 1.54) is 0 Å². The Morgan fingerprint density at radius 3 is 2.60 bits per heavy atom. The molecule has 0 aliphatic carbocycles. The third kappa shape index (κ3) is 4.18. The van der Waals surface area contributed by atoms with Crippen molar-refractivity contribution in [2.24, 2.45) is 5.10 Å². The van der Waals surface area contributed by atoms with Gasteiger partial charge in [0, 0.05) is 11.1 Å². The zero-order valence-electron chi connectivity index (χ0n) is 14.2. The number of fused-ring (bicyclic) bond motifs is 1. The normalized spacial score (nSPS) is 11.8. The van der Waals surface area contributed by atoms with Crippen LogP contribution >= 0.6 is 0 Å². The molecule has 25 heavy (non-hydrogen) atoms. The van der Waals surface area contributed by atoms with Gasteiger partial charge in [-0.05, 0) is 37.6 Å². The molecule has 1 aromatic heterocycles. The molecule has 1 N–H and O–H groups in total. The van der Waals surface area contributed by atoms with E-state index in [1.54, 1.807) is 6.07 Å². The minimum Gasteiger partial charge on any atom is -0.267 e. The van der Waals surface area contributed by atoms with Crippen molar-refractivity contribution in [2.45, 2.75) is 13.8 Å². The number of rotatable bonds is 4. The number of carbonyl (C=O) groups excluding carboxylic acids is 1. The molecule has 0 aliphatic heterocycles. The SMILES string of the molecule is CC(/C=C\c1ccccc1)=NNC(=O)c1cc(C)nc2ccccc12. The Morgan fingerprint density at radius 1 is 1.08 bits per heavy atom. The van der Waals surface area contributed by atoms with E-state index in [1.807, 2.05) is 80.6 Å². The number of nitrogens with zero attached hydrogens (tertiary/aromatic N) is 2. The molecule has 1 amide bonds. The van der Waals surface area contributed by atoms with Crippen LogP contribution in [0.25, 0.3) is 17.0 Å². The predicted molar refractivity (Wildman–Crippen MR) is 103 cm³/mol. The van der Waals surface area contributed by atoms with Crippen LogP contribution in [0.4, 0.5) is 0 Å². The summed E-state index contributed by atoms with van der Waals surface area (Å²) in [5, 5.41) is 4.98. The first-order valence-electron chi connectivity index (χ1n) is 8.07. The third-order valence-corrected chi connectivity index (χ3v) is 3.74. The fourth-order valence-electron chi connectivity index (χ4n) is 2.51. The Labute approximate surface area is 146 Å². The molecule has 4 nitrogen and oxygen atoms in total. The predicted octanol–water partition coefficient (Wildman–Crippen LogP) is 4.36. The molecule has 0 saturated carbocycles. The highest BCUT2D eigenvalue weighted by Gasteiger charge is 2.11. The molecule has 3 aromatic rings. The van der Waals surface area contributed by atoms with Crippen LogP contribution in [0.15, 0.2) is 71.8 Å². The number of pyridine rings is 1. The molecule has 0 saturated heterocycles. The number of hydrogen-bond donors (Lipinski definition) is 1. The lowest BCUT2D eigenvalue weighted by Gasteiger charge is -2.06. The molecule has 0 spiro atoms. The zero-order chi connectivity index (χ0) is 17.6. The van der Waals surface area contributed by atoms with Gasteiger partial charge >= 0.3 is 0 Å². The number of benzene rings is 2. The maximum Gasteiger partial charge on any atom is 0.272 e. The van der Waals surface area contributed by atoms with Crippen LogP contribution in [-0.2, 0) is 0 Å². The van der Waals surface area contributed by atoms with Crippen molar-refractivity contribution in [2.75, 3.05) is 0 Å². The molecule has 1 heterocycles. The van der Waals surface area contributed by atoms with Gasteiger partial charge in [0.1, 0.15) is 0 Å². The lowest BCUT2D eigenvalue weighted by molar-refractivity contribution is 0.0956. The number of aryl methyl sites for hydroxylation is 1. The first-order chi connectivity index (χ1) is 12.1. The highest BCUT2D eigenvalue weighted by Crippen LogP contribution is 2.18. The molecule has 0 unspecified atom stereocenters. The summed E-state index contributed by atoms with van der Waals surface area (Å²) in [6.45, 7) is 3.72. The zero-order valence-corrected chi connectivity index (χ0v) is 14.2. The van der Waals surface area contributed by atoms with Crippen LogP contribution in [0.1, 0.15) is 28.5 Å². The van der Waals surface area contributed by atoms with Crippen LogP contribution in [-0.4, -0.2) is 16.6 Å². The number of para-hydroxylation sites is 1. The maximum atomic E-state index is 12.5. The number of carbonyl (C=O) groups is 1. The van der Waals surface area contributed by atoms with Crippen LogP contribution < -0.4 is 5.43 Å². The second-order valence-corrected chi connectivity index (χ2v) is 5.77. The van der Waals surface area contributed by atoms with Crippen LogP contribution in [0.2, 0.25) is 0 Å². The van der Waals surface area contributed by atoms with E-state index in [0.717, 1.165) is 22.2 Å². The molecular formula is C21H19N3O. The standard InChI is InChI=1S/C21H19N3O/c1-15(12-13-17-8-4-3-5-9-17)23-24-21(25)19-14-16(2)22-20-11-7-6-10-18(19)20/h3-14H,1-2H3,(H,24,25)/b13-12-,23-15?. The van der Waals surface area contributed by atoms with E-state index in [4.69, 9.17) is 0 Å². The summed E-state index contributed by atoms with van der Waals surface area (Å²) in [4.78, 5) is 17.0. The fourth-order valence-corrected chi connectivity index (χ4v) is 2.51. The van der Waals surface area contributed by atoms with E-state index >= 15 is 0 Å². The quantitative estimate of drug-likeness (QED) is 0.571. The van der Waals surface area contributed by atoms with Gasteiger partial charge in [-0.1, -0.05) is 54.6 Å². The number of hydrogen-bond acceptors (Lipinski definition) is 3. The van der Waals surface area contributed by atoms with Crippen molar-refractivity contribution in [1.29, 1.82) is 0 Å². The Bertz CT molecular complexity index is 959. The summed E-state index contributed by atoms with van der Waals surface area (Å²) < 4.78 is 0. The molecule has 4 heteroatoms. The summed E-state index contributed by atoms with van der Waals surface area (Å²) in [5.41, 5.74) is 6.60. The molecule has 0 bridgehead atoms. The highest BCUT2D eigenvalue weighted by molar-refractivity contribution is 6.07. The van der Waals surface area contributed by atoms with Crippen molar-refractivity contribution in [3.05, 3.63) is 83.6 Å². The molecule has 0 fully saturated rings. The van der Waals surface area contributed by atoms with Crippen LogP contribution in [0.3, 0.4) is 0 Å². The van der Waals surface area contributed by atoms with E-state index in [-0.39, 0.29) is 5.91 Å². The molecule has 0 aliphatic rings. The summed E-state index contributed by atoms with van der Waals surface area (Å²) in [5.74, 6) is -0.242. The summed E-state index contributed by atoms with van der Waals surface area (Å²) in [7, 11) is 0. The average molecular weight is 329 g/mol.